The van der Waals surface area contributed by atoms with Gasteiger partial charge in [0.2, 0.25) is 5.91 Å². The van der Waals surface area contributed by atoms with E-state index in [4.69, 9.17) is 0 Å². The minimum absolute atomic E-state index is 0.188. The molecule has 3 heterocycles. The summed E-state index contributed by atoms with van der Waals surface area (Å²) in [5, 5.41) is 7.82. The summed E-state index contributed by atoms with van der Waals surface area (Å²) in [7, 11) is 0. The molecule has 0 saturated carbocycles. The molecule has 1 saturated heterocycles. The molecule has 0 radical (unpaired) electrons. The van der Waals surface area contributed by atoms with Gasteiger partial charge in [0.25, 0.3) is 0 Å². The van der Waals surface area contributed by atoms with Crippen LogP contribution >= 0.6 is 0 Å². The zero-order valence-electron chi connectivity index (χ0n) is 15.9. The van der Waals surface area contributed by atoms with E-state index in [0.29, 0.717) is 13.0 Å². The Hall–Kier alpha value is -3.02. The fourth-order valence-corrected chi connectivity index (χ4v) is 3.94. The summed E-state index contributed by atoms with van der Waals surface area (Å²) >= 11 is 0. The summed E-state index contributed by atoms with van der Waals surface area (Å²) in [5.74, 6) is 0.105. The maximum Gasteiger partial charge on any atom is 0.222 e. The quantitative estimate of drug-likeness (QED) is 0.732. The molecule has 0 spiro atoms. The van der Waals surface area contributed by atoms with Crippen LogP contribution < -0.4 is 0 Å². The monoisotopic (exact) mass is 378 g/mol. The van der Waals surface area contributed by atoms with Gasteiger partial charge in [0.15, 0.2) is 0 Å². The van der Waals surface area contributed by atoms with Crippen LogP contribution in [0.4, 0.5) is 4.39 Å². The number of aromatic nitrogens is 3. The number of hydrogen-bond acceptors (Lipinski definition) is 3. The number of nitrogens with zero attached hydrogens (tertiary/aromatic N) is 3. The fraction of sp³-hybridized carbons (Fsp3) is 0.318. The minimum Gasteiger partial charge on any atom is -0.342 e. The normalized spacial score (nSPS) is 16.9. The SMILES string of the molecule is CCC(=O)N1CCCC(c2[nH]nc(-c3ccc(F)cc3)c2-c2ccncc2)C1. The van der Waals surface area contributed by atoms with E-state index in [1.165, 1.54) is 12.1 Å². The first-order valence-electron chi connectivity index (χ1n) is 9.69. The van der Waals surface area contributed by atoms with Crippen molar-refractivity contribution in [2.75, 3.05) is 13.1 Å². The summed E-state index contributed by atoms with van der Waals surface area (Å²) in [6, 6.07) is 10.3. The maximum absolute atomic E-state index is 13.4. The van der Waals surface area contributed by atoms with Crippen LogP contribution in [-0.4, -0.2) is 39.1 Å². The number of rotatable bonds is 4. The first-order valence-corrected chi connectivity index (χ1v) is 9.69. The predicted molar refractivity (Wildman–Crippen MR) is 106 cm³/mol. The third kappa shape index (κ3) is 3.54. The lowest BCUT2D eigenvalue weighted by Crippen LogP contribution is -2.38. The van der Waals surface area contributed by atoms with Crippen molar-refractivity contribution in [1.82, 2.24) is 20.1 Å². The van der Waals surface area contributed by atoms with Crippen LogP contribution in [0.2, 0.25) is 0 Å². The van der Waals surface area contributed by atoms with E-state index in [-0.39, 0.29) is 17.6 Å². The first kappa shape index (κ1) is 18.3. The summed E-state index contributed by atoms with van der Waals surface area (Å²) in [6.07, 6.45) is 6.00. The number of carbonyl (C=O) groups excluding carboxylic acids is 1. The van der Waals surface area contributed by atoms with Crippen LogP contribution in [-0.2, 0) is 4.79 Å². The zero-order chi connectivity index (χ0) is 19.5. The number of nitrogens with one attached hydrogen (secondary N) is 1. The van der Waals surface area contributed by atoms with Crippen LogP contribution in [0.5, 0.6) is 0 Å². The average Bonchev–Trinajstić information content (AvgIpc) is 3.19. The Bertz CT molecular complexity index is 952. The topological polar surface area (TPSA) is 61.9 Å². The highest BCUT2D eigenvalue weighted by molar-refractivity contribution is 5.83. The molecule has 1 N–H and O–H groups in total. The molecule has 1 aliphatic rings. The van der Waals surface area contributed by atoms with Crippen molar-refractivity contribution >= 4 is 5.91 Å². The van der Waals surface area contributed by atoms with Crippen molar-refractivity contribution in [3.63, 3.8) is 0 Å². The number of amides is 1. The van der Waals surface area contributed by atoms with Crippen molar-refractivity contribution in [2.24, 2.45) is 0 Å². The molecule has 1 unspecified atom stereocenters. The highest BCUT2D eigenvalue weighted by Gasteiger charge is 2.29. The Kier molecular flexibility index (Phi) is 5.19. The minimum atomic E-state index is -0.272. The molecule has 5 nitrogen and oxygen atoms in total. The van der Waals surface area contributed by atoms with Gasteiger partial charge < -0.3 is 4.90 Å². The van der Waals surface area contributed by atoms with E-state index in [1.807, 2.05) is 24.0 Å². The van der Waals surface area contributed by atoms with Crippen molar-refractivity contribution < 1.29 is 9.18 Å². The molecule has 0 aliphatic carbocycles. The smallest absolute Gasteiger partial charge is 0.222 e. The van der Waals surface area contributed by atoms with E-state index in [1.54, 1.807) is 24.5 Å². The summed E-state index contributed by atoms with van der Waals surface area (Å²) in [4.78, 5) is 18.3. The van der Waals surface area contributed by atoms with E-state index in [0.717, 1.165) is 47.5 Å². The Morgan fingerprint density at radius 1 is 1.18 bits per heavy atom. The van der Waals surface area contributed by atoms with Crippen molar-refractivity contribution in [2.45, 2.75) is 32.1 Å². The molecule has 28 heavy (non-hydrogen) atoms. The third-order valence-corrected chi connectivity index (χ3v) is 5.37. The number of aromatic amines is 1. The predicted octanol–water partition coefficient (Wildman–Crippen LogP) is 4.39. The van der Waals surface area contributed by atoms with Gasteiger partial charge in [0.1, 0.15) is 11.5 Å². The molecule has 144 valence electrons. The van der Waals surface area contributed by atoms with E-state index in [9.17, 15) is 9.18 Å². The number of halogens is 1. The lowest BCUT2D eigenvalue weighted by Gasteiger charge is -2.32. The average molecular weight is 378 g/mol. The second-order valence-corrected chi connectivity index (χ2v) is 7.14. The molecule has 6 heteroatoms. The lowest BCUT2D eigenvalue weighted by molar-refractivity contribution is -0.132. The van der Waals surface area contributed by atoms with Gasteiger partial charge >= 0.3 is 0 Å². The molecule has 0 bridgehead atoms. The fourth-order valence-electron chi connectivity index (χ4n) is 3.94. The number of hydrogen-bond donors (Lipinski definition) is 1. The summed E-state index contributed by atoms with van der Waals surface area (Å²) < 4.78 is 13.4. The molecule has 1 fully saturated rings. The van der Waals surface area contributed by atoms with Crippen molar-refractivity contribution in [3.8, 4) is 22.4 Å². The summed E-state index contributed by atoms with van der Waals surface area (Å²) in [5.41, 5.74) is 4.69. The lowest BCUT2D eigenvalue weighted by atomic mass is 9.88. The molecule has 1 amide bonds. The number of carbonyl (C=O) groups is 1. The standard InChI is InChI=1S/C22H23FN4O/c1-2-19(28)27-13-3-4-17(14-27)22-20(15-9-11-24-12-10-15)21(25-26-22)16-5-7-18(23)8-6-16/h5-12,17H,2-4,13-14H2,1H3,(H,25,26). The third-order valence-electron chi connectivity index (χ3n) is 5.37. The van der Waals surface area contributed by atoms with E-state index in [2.05, 4.69) is 15.2 Å². The van der Waals surface area contributed by atoms with Crippen LogP contribution in [0.15, 0.2) is 48.8 Å². The van der Waals surface area contributed by atoms with Gasteiger partial charge in [-0.2, -0.15) is 5.10 Å². The molecule has 1 atom stereocenters. The van der Waals surface area contributed by atoms with Gasteiger partial charge in [-0.3, -0.25) is 14.9 Å². The van der Waals surface area contributed by atoms with Crippen LogP contribution in [0.3, 0.4) is 0 Å². The Morgan fingerprint density at radius 2 is 1.93 bits per heavy atom. The van der Waals surface area contributed by atoms with E-state index >= 15 is 0 Å². The van der Waals surface area contributed by atoms with Crippen molar-refractivity contribution in [3.05, 3.63) is 60.3 Å². The molecule has 1 aromatic carbocycles. The number of likely N-dealkylation sites (tertiary alicyclic amines) is 1. The molecule has 2 aromatic heterocycles. The van der Waals surface area contributed by atoms with Gasteiger partial charge in [-0.15, -0.1) is 0 Å². The highest BCUT2D eigenvalue weighted by Crippen LogP contribution is 2.39. The number of H-pyrrole nitrogens is 1. The van der Waals surface area contributed by atoms with Crippen LogP contribution in [0.25, 0.3) is 22.4 Å². The van der Waals surface area contributed by atoms with E-state index < -0.39 is 0 Å². The van der Waals surface area contributed by atoms with Crippen LogP contribution in [0, 0.1) is 5.82 Å². The van der Waals surface area contributed by atoms with Crippen molar-refractivity contribution in [1.29, 1.82) is 0 Å². The van der Waals surface area contributed by atoms with Gasteiger partial charge in [-0.25, -0.2) is 4.39 Å². The maximum atomic E-state index is 13.4. The largest absolute Gasteiger partial charge is 0.342 e. The Balaban J connectivity index is 1.77. The first-order chi connectivity index (χ1) is 13.7. The molecular weight excluding hydrogens is 355 g/mol. The Labute approximate surface area is 163 Å². The highest BCUT2D eigenvalue weighted by atomic mass is 19.1. The Morgan fingerprint density at radius 3 is 2.64 bits per heavy atom. The molecule has 3 aromatic rings. The number of piperidine rings is 1. The van der Waals surface area contributed by atoms with Gasteiger partial charge in [-0.05, 0) is 54.8 Å². The van der Waals surface area contributed by atoms with Gasteiger partial charge in [0, 0.05) is 54.6 Å². The number of pyridine rings is 1. The summed E-state index contributed by atoms with van der Waals surface area (Å²) in [6.45, 7) is 3.40. The van der Waals surface area contributed by atoms with Gasteiger partial charge in [-0.1, -0.05) is 6.92 Å². The zero-order valence-corrected chi connectivity index (χ0v) is 15.9. The second kappa shape index (κ2) is 7.92. The molecular formula is C22H23FN4O. The van der Waals surface area contributed by atoms with Gasteiger partial charge in [0.05, 0.1) is 0 Å². The van der Waals surface area contributed by atoms with Crippen LogP contribution in [0.1, 0.15) is 37.8 Å². The molecule has 1 aliphatic heterocycles. The number of benzene rings is 1. The second-order valence-electron chi connectivity index (χ2n) is 7.14. The molecule has 4 rings (SSSR count).